The van der Waals surface area contributed by atoms with Crippen molar-refractivity contribution in [3.8, 4) is 0 Å². The van der Waals surface area contributed by atoms with Crippen LogP contribution in [0.3, 0.4) is 0 Å². The minimum atomic E-state index is -0.183. The molecule has 0 saturated heterocycles. The van der Waals surface area contributed by atoms with E-state index in [1.165, 1.54) is 10.9 Å². The lowest BCUT2D eigenvalue weighted by Gasteiger charge is -2.24. The molecular weight excluding hydrogens is 347 g/mol. The summed E-state index contributed by atoms with van der Waals surface area (Å²) in [6, 6.07) is 9.60. The zero-order valence-electron chi connectivity index (χ0n) is 15.7. The first kappa shape index (κ1) is 19.1. The number of amides is 1. The van der Waals surface area contributed by atoms with Gasteiger partial charge in [-0.2, -0.15) is 0 Å². The van der Waals surface area contributed by atoms with Gasteiger partial charge >= 0.3 is 0 Å². The van der Waals surface area contributed by atoms with Crippen LogP contribution in [0.1, 0.15) is 47.2 Å². The molecule has 1 saturated carbocycles. The molecule has 1 aromatic heterocycles. The summed E-state index contributed by atoms with van der Waals surface area (Å²) in [5.41, 5.74) is 1.74. The standard InChI is InChI=1S/C21H27FN2OS/c1-14-11-16(8-9-18(14)22)17(15-6-7-15)12-21(25)23-13-19(24(2)3)20-5-4-10-26-20/h4-5,8-11,15,17,19H,6-7,12-13H2,1-3H3,(H,23,25). The zero-order chi connectivity index (χ0) is 18.7. The van der Waals surface area contributed by atoms with E-state index in [9.17, 15) is 9.18 Å². The maximum absolute atomic E-state index is 13.6. The highest BCUT2D eigenvalue weighted by Gasteiger charge is 2.34. The Morgan fingerprint density at radius 1 is 1.35 bits per heavy atom. The lowest BCUT2D eigenvalue weighted by molar-refractivity contribution is -0.121. The molecule has 1 aliphatic rings. The van der Waals surface area contributed by atoms with Crippen LogP contribution < -0.4 is 5.32 Å². The molecule has 5 heteroatoms. The fourth-order valence-corrected chi connectivity index (χ4v) is 4.38. The Bertz CT molecular complexity index is 740. The SMILES string of the molecule is Cc1cc(C(CC(=O)NCC(c2cccs2)N(C)C)C2CC2)ccc1F. The Morgan fingerprint density at radius 2 is 2.12 bits per heavy atom. The quantitative estimate of drug-likeness (QED) is 0.738. The van der Waals surface area contributed by atoms with Gasteiger partial charge in [-0.05, 0) is 74.3 Å². The molecule has 0 aliphatic heterocycles. The fraction of sp³-hybridized carbons (Fsp3) is 0.476. The van der Waals surface area contributed by atoms with Crippen LogP contribution in [0.4, 0.5) is 4.39 Å². The molecule has 1 fully saturated rings. The molecule has 2 unspecified atom stereocenters. The number of rotatable bonds is 8. The highest BCUT2D eigenvalue weighted by atomic mass is 32.1. The summed E-state index contributed by atoms with van der Waals surface area (Å²) >= 11 is 1.71. The van der Waals surface area contributed by atoms with Crippen molar-refractivity contribution in [3.05, 3.63) is 57.5 Å². The van der Waals surface area contributed by atoms with Crippen molar-refractivity contribution in [2.75, 3.05) is 20.6 Å². The van der Waals surface area contributed by atoms with Gasteiger partial charge in [-0.3, -0.25) is 4.79 Å². The maximum atomic E-state index is 13.6. The summed E-state index contributed by atoms with van der Waals surface area (Å²) in [6.45, 7) is 2.39. The molecule has 0 spiro atoms. The van der Waals surface area contributed by atoms with Crippen molar-refractivity contribution in [3.63, 3.8) is 0 Å². The van der Waals surface area contributed by atoms with E-state index >= 15 is 0 Å². The van der Waals surface area contributed by atoms with Gasteiger partial charge in [0, 0.05) is 17.8 Å². The maximum Gasteiger partial charge on any atom is 0.220 e. The van der Waals surface area contributed by atoms with Gasteiger partial charge in [-0.15, -0.1) is 11.3 Å². The zero-order valence-corrected chi connectivity index (χ0v) is 16.5. The summed E-state index contributed by atoms with van der Waals surface area (Å²) in [5.74, 6) is 0.631. The minimum absolute atomic E-state index is 0.0762. The third kappa shape index (κ3) is 4.71. The number of likely N-dealkylation sites (N-methyl/N-ethyl adjacent to an activating group) is 1. The third-order valence-corrected chi connectivity index (χ3v) is 6.17. The first-order chi connectivity index (χ1) is 12.5. The van der Waals surface area contributed by atoms with Crippen LogP contribution in [0, 0.1) is 18.7 Å². The van der Waals surface area contributed by atoms with Gasteiger partial charge in [0.05, 0.1) is 6.04 Å². The third-order valence-electron chi connectivity index (χ3n) is 5.19. The molecule has 2 aromatic rings. The van der Waals surface area contributed by atoms with Crippen LogP contribution in [-0.2, 0) is 4.79 Å². The van der Waals surface area contributed by atoms with E-state index in [1.54, 1.807) is 18.3 Å². The van der Waals surface area contributed by atoms with Crippen molar-refractivity contribution in [2.24, 2.45) is 5.92 Å². The minimum Gasteiger partial charge on any atom is -0.354 e. The number of hydrogen-bond donors (Lipinski definition) is 1. The van der Waals surface area contributed by atoms with Crippen molar-refractivity contribution in [2.45, 2.75) is 38.1 Å². The number of benzene rings is 1. The molecule has 1 aliphatic carbocycles. The Balaban J connectivity index is 1.62. The van der Waals surface area contributed by atoms with Crippen LogP contribution in [0.2, 0.25) is 0 Å². The second-order valence-corrected chi connectivity index (χ2v) is 8.43. The van der Waals surface area contributed by atoms with E-state index in [-0.39, 0.29) is 23.7 Å². The molecule has 1 aromatic carbocycles. The Labute approximate surface area is 159 Å². The van der Waals surface area contributed by atoms with Crippen molar-refractivity contribution in [1.29, 1.82) is 0 Å². The van der Waals surface area contributed by atoms with Gasteiger partial charge in [0.1, 0.15) is 5.82 Å². The summed E-state index contributed by atoms with van der Waals surface area (Å²) in [5, 5.41) is 5.18. The average molecular weight is 375 g/mol. The van der Waals surface area contributed by atoms with E-state index in [0.717, 1.165) is 18.4 Å². The van der Waals surface area contributed by atoms with E-state index in [2.05, 4.69) is 21.7 Å². The van der Waals surface area contributed by atoms with Crippen molar-refractivity contribution < 1.29 is 9.18 Å². The largest absolute Gasteiger partial charge is 0.354 e. The summed E-state index contributed by atoms with van der Waals surface area (Å²) < 4.78 is 13.6. The van der Waals surface area contributed by atoms with Gasteiger partial charge < -0.3 is 10.2 Å². The van der Waals surface area contributed by atoms with Gasteiger partial charge in [0.15, 0.2) is 0 Å². The van der Waals surface area contributed by atoms with Crippen LogP contribution in [-0.4, -0.2) is 31.4 Å². The molecule has 3 nitrogen and oxygen atoms in total. The van der Waals surface area contributed by atoms with Crippen LogP contribution in [0.15, 0.2) is 35.7 Å². The number of thiophene rings is 1. The van der Waals surface area contributed by atoms with Crippen LogP contribution in [0.5, 0.6) is 0 Å². The Morgan fingerprint density at radius 3 is 2.69 bits per heavy atom. The highest BCUT2D eigenvalue weighted by Crippen LogP contribution is 2.44. The van der Waals surface area contributed by atoms with Crippen molar-refractivity contribution >= 4 is 17.2 Å². The number of nitrogens with one attached hydrogen (secondary N) is 1. The summed E-state index contributed by atoms with van der Waals surface area (Å²) in [6.07, 6.45) is 2.79. The molecule has 2 atom stereocenters. The smallest absolute Gasteiger partial charge is 0.220 e. The second-order valence-electron chi connectivity index (χ2n) is 7.46. The fourth-order valence-electron chi connectivity index (χ4n) is 3.45. The first-order valence-corrected chi connectivity index (χ1v) is 10.1. The molecule has 0 radical (unpaired) electrons. The predicted octanol–water partition coefficient (Wildman–Crippen LogP) is 4.50. The van der Waals surface area contributed by atoms with E-state index < -0.39 is 0 Å². The molecule has 140 valence electrons. The molecule has 1 amide bonds. The molecule has 1 N–H and O–H groups in total. The molecular formula is C21H27FN2OS. The normalized spacial score (nSPS) is 16.5. The summed E-state index contributed by atoms with van der Waals surface area (Å²) in [7, 11) is 4.07. The van der Waals surface area contributed by atoms with Gasteiger partial charge in [-0.1, -0.05) is 18.2 Å². The van der Waals surface area contributed by atoms with E-state index in [4.69, 9.17) is 0 Å². The lowest BCUT2D eigenvalue weighted by atomic mass is 9.89. The molecule has 3 rings (SSSR count). The number of nitrogens with zero attached hydrogens (tertiary/aromatic N) is 1. The monoisotopic (exact) mass is 374 g/mol. The molecule has 0 bridgehead atoms. The van der Waals surface area contributed by atoms with E-state index in [1.807, 2.05) is 32.3 Å². The van der Waals surface area contributed by atoms with E-state index in [0.29, 0.717) is 24.4 Å². The Kier molecular flexibility index (Phi) is 6.09. The number of hydrogen-bond acceptors (Lipinski definition) is 3. The number of carbonyl (C=O) groups excluding carboxylic acids is 1. The van der Waals surface area contributed by atoms with Crippen molar-refractivity contribution in [1.82, 2.24) is 10.2 Å². The summed E-state index contributed by atoms with van der Waals surface area (Å²) in [4.78, 5) is 16.0. The number of carbonyl (C=O) groups is 1. The highest BCUT2D eigenvalue weighted by molar-refractivity contribution is 7.10. The van der Waals surface area contributed by atoms with Gasteiger partial charge in [0.2, 0.25) is 5.91 Å². The number of halogens is 1. The average Bonchev–Trinajstić information content (AvgIpc) is 3.30. The number of aryl methyl sites for hydroxylation is 1. The lowest BCUT2D eigenvalue weighted by Crippen LogP contribution is -2.34. The topological polar surface area (TPSA) is 32.3 Å². The first-order valence-electron chi connectivity index (χ1n) is 9.18. The van der Waals surface area contributed by atoms with Gasteiger partial charge in [-0.25, -0.2) is 4.39 Å². The predicted molar refractivity (Wildman–Crippen MR) is 105 cm³/mol. The molecule has 1 heterocycles. The molecule has 26 heavy (non-hydrogen) atoms. The van der Waals surface area contributed by atoms with Crippen LogP contribution >= 0.6 is 11.3 Å². The van der Waals surface area contributed by atoms with Gasteiger partial charge in [0.25, 0.3) is 0 Å². The Hall–Kier alpha value is -1.72. The second kappa shape index (κ2) is 8.31. The van der Waals surface area contributed by atoms with Crippen LogP contribution in [0.25, 0.3) is 0 Å².